The maximum Gasteiger partial charge on any atom is 0.408 e. The molecule has 2 saturated carbocycles. The van der Waals surface area contributed by atoms with Gasteiger partial charge in [0.05, 0.1) is 13.2 Å². The van der Waals surface area contributed by atoms with Gasteiger partial charge in [0.1, 0.15) is 17.2 Å². The molecule has 0 heterocycles. The lowest BCUT2D eigenvalue weighted by Crippen LogP contribution is -2.61. The van der Waals surface area contributed by atoms with Crippen molar-refractivity contribution in [2.45, 2.75) is 77.2 Å². The molecular weight excluding hydrogens is 399 g/mol. The van der Waals surface area contributed by atoms with Crippen LogP contribution in [0.3, 0.4) is 0 Å². The minimum absolute atomic E-state index is 0.000445. The number of alkyl carbamates (subject to hydrolysis) is 1. The smallest absolute Gasteiger partial charge is 0.408 e. The standard InChI is InChI=1S/C20H31FN2O7/c1-7-28-15(25)19(10-9-12-13(19)20(12,21)16(26)29-8-2)23-14(24)11(3)22-17(27)30-18(4,5)6/h11-13H,7-10H2,1-6H3,(H,22,27)(H,23,24)/t11-,12-,13-,19+,20-/m1/s1. The van der Waals surface area contributed by atoms with Crippen LogP contribution in [-0.4, -0.2) is 60.0 Å². The first-order chi connectivity index (χ1) is 13.8. The lowest BCUT2D eigenvalue weighted by Gasteiger charge is -2.33. The van der Waals surface area contributed by atoms with Crippen LogP contribution >= 0.6 is 0 Å². The number of hydrogen-bond acceptors (Lipinski definition) is 7. The molecule has 9 nitrogen and oxygen atoms in total. The van der Waals surface area contributed by atoms with Crippen LogP contribution in [0.1, 0.15) is 54.4 Å². The Morgan fingerprint density at radius 2 is 1.67 bits per heavy atom. The van der Waals surface area contributed by atoms with Crippen molar-refractivity contribution in [3.63, 3.8) is 0 Å². The van der Waals surface area contributed by atoms with Crippen molar-refractivity contribution in [2.75, 3.05) is 13.2 Å². The van der Waals surface area contributed by atoms with Crippen LogP contribution in [0.25, 0.3) is 0 Å². The number of carbonyl (C=O) groups is 4. The van der Waals surface area contributed by atoms with E-state index in [2.05, 4.69) is 10.6 Å². The van der Waals surface area contributed by atoms with Crippen LogP contribution in [0.5, 0.6) is 0 Å². The highest BCUT2D eigenvalue weighted by Gasteiger charge is 2.83. The summed E-state index contributed by atoms with van der Waals surface area (Å²) in [4.78, 5) is 49.6. The second kappa shape index (κ2) is 8.39. The third-order valence-corrected chi connectivity index (χ3v) is 5.37. The van der Waals surface area contributed by atoms with Gasteiger partial charge in [-0.1, -0.05) is 0 Å². The molecule has 2 rings (SSSR count). The molecule has 0 spiro atoms. The van der Waals surface area contributed by atoms with Gasteiger partial charge in [0.15, 0.2) is 0 Å². The summed E-state index contributed by atoms with van der Waals surface area (Å²) < 4.78 is 30.5. The molecule has 0 aromatic carbocycles. The summed E-state index contributed by atoms with van der Waals surface area (Å²) in [5, 5.41) is 4.94. The molecule has 0 saturated heterocycles. The number of fused-ring (bicyclic) bond motifs is 1. The van der Waals surface area contributed by atoms with Gasteiger partial charge >= 0.3 is 18.0 Å². The number of amides is 2. The normalized spacial score (nSPS) is 30.5. The van der Waals surface area contributed by atoms with E-state index in [1.807, 2.05) is 0 Å². The second-order valence-electron chi connectivity index (χ2n) is 8.66. The van der Waals surface area contributed by atoms with Crippen molar-refractivity contribution in [3.8, 4) is 0 Å². The number of carbonyl (C=O) groups excluding carboxylic acids is 4. The molecule has 2 N–H and O–H groups in total. The maximum absolute atomic E-state index is 15.4. The van der Waals surface area contributed by atoms with Gasteiger partial charge in [-0.25, -0.2) is 18.8 Å². The predicted molar refractivity (Wildman–Crippen MR) is 103 cm³/mol. The van der Waals surface area contributed by atoms with E-state index in [9.17, 15) is 19.2 Å². The molecule has 170 valence electrons. The summed E-state index contributed by atoms with van der Waals surface area (Å²) in [5.41, 5.74) is -4.81. The molecule has 0 aliphatic heterocycles. The second-order valence-corrected chi connectivity index (χ2v) is 8.66. The van der Waals surface area contributed by atoms with E-state index in [0.717, 1.165) is 0 Å². The summed E-state index contributed by atoms with van der Waals surface area (Å²) in [5.74, 6) is -4.38. The molecule has 0 aromatic heterocycles. The molecule has 5 atom stereocenters. The van der Waals surface area contributed by atoms with E-state index < -0.39 is 58.6 Å². The summed E-state index contributed by atoms with van der Waals surface area (Å²) >= 11 is 0. The number of esters is 2. The van der Waals surface area contributed by atoms with Crippen molar-refractivity contribution in [1.29, 1.82) is 0 Å². The monoisotopic (exact) mass is 430 g/mol. The van der Waals surface area contributed by atoms with Gasteiger partial charge in [-0.15, -0.1) is 0 Å². The lowest BCUT2D eigenvalue weighted by molar-refractivity contribution is -0.159. The molecule has 0 aromatic rings. The molecular formula is C20H31FN2O7. The van der Waals surface area contributed by atoms with Crippen molar-refractivity contribution in [3.05, 3.63) is 0 Å². The third kappa shape index (κ3) is 4.37. The van der Waals surface area contributed by atoms with E-state index in [1.54, 1.807) is 34.6 Å². The van der Waals surface area contributed by atoms with Crippen molar-refractivity contribution < 1.29 is 37.8 Å². The maximum atomic E-state index is 15.4. The Morgan fingerprint density at radius 3 is 2.20 bits per heavy atom. The molecule has 10 heteroatoms. The Morgan fingerprint density at radius 1 is 1.10 bits per heavy atom. The predicted octanol–water partition coefficient (Wildman–Crippen LogP) is 1.63. The topological polar surface area (TPSA) is 120 Å². The molecule has 30 heavy (non-hydrogen) atoms. The van der Waals surface area contributed by atoms with Crippen LogP contribution in [0.2, 0.25) is 0 Å². The minimum atomic E-state index is -2.35. The van der Waals surface area contributed by atoms with Crippen molar-refractivity contribution >= 4 is 23.9 Å². The molecule has 0 radical (unpaired) electrons. The van der Waals surface area contributed by atoms with Gasteiger partial charge in [-0.2, -0.15) is 0 Å². The van der Waals surface area contributed by atoms with Crippen LogP contribution in [0, 0.1) is 11.8 Å². The average molecular weight is 430 g/mol. The molecule has 2 aliphatic rings. The number of nitrogens with one attached hydrogen (secondary N) is 2. The molecule has 2 fully saturated rings. The molecule has 0 bridgehead atoms. The van der Waals surface area contributed by atoms with Gasteiger partial charge < -0.3 is 24.8 Å². The summed E-state index contributed by atoms with van der Waals surface area (Å²) in [6.07, 6.45) is -0.471. The fourth-order valence-corrected chi connectivity index (χ4v) is 4.12. The summed E-state index contributed by atoms with van der Waals surface area (Å²) in [6, 6.07) is -1.07. The van der Waals surface area contributed by atoms with Gasteiger partial charge in [-0.3, -0.25) is 4.79 Å². The largest absolute Gasteiger partial charge is 0.464 e. The Labute approximate surface area is 175 Å². The molecule has 0 unspecified atom stereocenters. The highest BCUT2D eigenvalue weighted by molar-refractivity contribution is 5.96. The highest BCUT2D eigenvalue weighted by atomic mass is 19.1. The Balaban J connectivity index is 2.19. The number of hydrogen-bond donors (Lipinski definition) is 2. The van der Waals surface area contributed by atoms with Crippen molar-refractivity contribution in [2.24, 2.45) is 11.8 Å². The summed E-state index contributed by atoms with van der Waals surface area (Å²) in [7, 11) is 0. The van der Waals surface area contributed by atoms with E-state index in [-0.39, 0.29) is 26.1 Å². The van der Waals surface area contributed by atoms with E-state index in [1.165, 1.54) is 6.92 Å². The first-order valence-electron chi connectivity index (χ1n) is 10.2. The highest BCUT2D eigenvalue weighted by Crippen LogP contribution is 2.67. The first-order valence-corrected chi connectivity index (χ1v) is 10.2. The Bertz CT molecular complexity index is 722. The van der Waals surface area contributed by atoms with Crippen molar-refractivity contribution in [1.82, 2.24) is 10.6 Å². The Hall–Kier alpha value is -2.39. The molecule has 2 amide bonds. The zero-order chi connectivity index (χ0) is 22.9. The lowest BCUT2D eigenvalue weighted by atomic mass is 9.88. The fourth-order valence-electron chi connectivity index (χ4n) is 4.12. The summed E-state index contributed by atoms with van der Waals surface area (Å²) in [6.45, 7) is 9.61. The fraction of sp³-hybridized carbons (Fsp3) is 0.800. The SMILES string of the molecule is CCOC(=O)[C@@]1(F)[C@@H]2CC[C@@](NC(=O)[C@@H](C)NC(=O)OC(C)(C)C)(C(=O)OCC)[C@@H]21. The molecule has 2 aliphatic carbocycles. The minimum Gasteiger partial charge on any atom is -0.464 e. The zero-order valence-corrected chi connectivity index (χ0v) is 18.3. The number of halogens is 1. The average Bonchev–Trinajstić information content (AvgIpc) is 3.03. The van der Waals surface area contributed by atoms with Crippen LogP contribution in [-0.2, 0) is 28.6 Å². The number of rotatable bonds is 7. The van der Waals surface area contributed by atoms with Crippen LogP contribution in [0.4, 0.5) is 9.18 Å². The first kappa shape index (κ1) is 23.9. The van der Waals surface area contributed by atoms with E-state index >= 15 is 4.39 Å². The van der Waals surface area contributed by atoms with Crippen LogP contribution in [0.15, 0.2) is 0 Å². The third-order valence-electron chi connectivity index (χ3n) is 5.37. The van der Waals surface area contributed by atoms with Gasteiger partial charge in [0.25, 0.3) is 0 Å². The number of ether oxygens (including phenoxy) is 3. The van der Waals surface area contributed by atoms with Gasteiger partial charge in [-0.05, 0) is 54.4 Å². The van der Waals surface area contributed by atoms with Gasteiger partial charge in [0.2, 0.25) is 11.6 Å². The Kier molecular flexibility index (Phi) is 6.68. The van der Waals surface area contributed by atoms with E-state index in [0.29, 0.717) is 0 Å². The van der Waals surface area contributed by atoms with Crippen LogP contribution < -0.4 is 10.6 Å². The zero-order valence-electron chi connectivity index (χ0n) is 18.3. The van der Waals surface area contributed by atoms with Gasteiger partial charge in [0, 0.05) is 11.8 Å². The van der Waals surface area contributed by atoms with E-state index in [4.69, 9.17) is 14.2 Å². The number of alkyl halides is 1. The quantitative estimate of drug-likeness (QED) is 0.465.